The van der Waals surface area contributed by atoms with Crippen LogP contribution in [0.3, 0.4) is 0 Å². The van der Waals surface area contributed by atoms with Gasteiger partial charge in [0.1, 0.15) is 6.33 Å². The van der Waals surface area contributed by atoms with Crippen molar-refractivity contribution in [2.75, 3.05) is 0 Å². The molecule has 0 aliphatic heterocycles. The predicted octanol–water partition coefficient (Wildman–Crippen LogP) is 2.12. The maximum atomic E-state index is 12.7. The van der Waals surface area contributed by atoms with Crippen molar-refractivity contribution in [1.29, 1.82) is 0 Å². The van der Waals surface area contributed by atoms with E-state index in [1.165, 1.54) is 6.33 Å². The number of pyridine rings is 1. The number of alkyl halides is 3. The Morgan fingerprint density at radius 2 is 1.72 bits per heavy atom. The molecule has 0 aliphatic rings. The van der Waals surface area contributed by atoms with Crippen LogP contribution >= 0.6 is 0 Å². The van der Waals surface area contributed by atoms with Crippen LogP contribution in [0.4, 0.5) is 13.2 Å². The number of rotatable bonds is 2. The SMILES string of the molecule is O=C(c1cncnc1)c1cnccc1C(F)(F)F. The molecule has 0 saturated heterocycles. The lowest BCUT2D eigenvalue weighted by Gasteiger charge is -2.10. The molecule has 0 radical (unpaired) electrons. The van der Waals surface area contributed by atoms with Crippen molar-refractivity contribution in [3.63, 3.8) is 0 Å². The zero-order chi connectivity index (χ0) is 13.2. The second kappa shape index (κ2) is 4.52. The first-order valence-corrected chi connectivity index (χ1v) is 4.81. The van der Waals surface area contributed by atoms with Crippen LogP contribution in [0, 0.1) is 0 Å². The number of carbonyl (C=O) groups is 1. The fourth-order valence-electron chi connectivity index (χ4n) is 1.39. The summed E-state index contributed by atoms with van der Waals surface area (Å²) in [6.45, 7) is 0. The average Bonchev–Trinajstić information content (AvgIpc) is 2.38. The van der Waals surface area contributed by atoms with Gasteiger partial charge in [-0.25, -0.2) is 9.97 Å². The van der Waals surface area contributed by atoms with Crippen LogP contribution in [-0.4, -0.2) is 20.7 Å². The maximum absolute atomic E-state index is 12.7. The van der Waals surface area contributed by atoms with Gasteiger partial charge in [-0.1, -0.05) is 0 Å². The Kier molecular flexibility index (Phi) is 3.05. The van der Waals surface area contributed by atoms with Crippen molar-refractivity contribution >= 4 is 5.78 Å². The van der Waals surface area contributed by atoms with E-state index in [9.17, 15) is 18.0 Å². The largest absolute Gasteiger partial charge is 0.417 e. The monoisotopic (exact) mass is 253 g/mol. The fraction of sp³-hybridized carbons (Fsp3) is 0.0909. The summed E-state index contributed by atoms with van der Waals surface area (Å²) in [7, 11) is 0. The summed E-state index contributed by atoms with van der Waals surface area (Å²) in [5.41, 5.74) is -1.55. The summed E-state index contributed by atoms with van der Waals surface area (Å²) >= 11 is 0. The molecular weight excluding hydrogens is 247 g/mol. The number of hydrogen-bond acceptors (Lipinski definition) is 4. The molecule has 0 unspecified atom stereocenters. The molecule has 0 atom stereocenters. The summed E-state index contributed by atoms with van der Waals surface area (Å²) in [5, 5.41) is 0. The third-order valence-electron chi connectivity index (χ3n) is 2.19. The molecule has 0 aromatic carbocycles. The van der Waals surface area contributed by atoms with Gasteiger partial charge in [0.25, 0.3) is 0 Å². The molecule has 0 fully saturated rings. The second-order valence-corrected chi connectivity index (χ2v) is 3.38. The minimum absolute atomic E-state index is 0.0176. The van der Waals surface area contributed by atoms with Crippen molar-refractivity contribution in [3.05, 3.63) is 53.9 Å². The van der Waals surface area contributed by atoms with Gasteiger partial charge < -0.3 is 0 Å². The molecule has 0 N–H and O–H groups in total. The van der Waals surface area contributed by atoms with E-state index in [1.54, 1.807) is 0 Å². The lowest BCUT2D eigenvalue weighted by atomic mass is 10.0. The Labute approximate surface area is 99.5 Å². The predicted molar refractivity (Wildman–Crippen MR) is 54.7 cm³/mol. The standard InChI is InChI=1S/C11H6F3N3O/c12-11(13,14)9-1-2-15-5-8(9)10(18)7-3-16-6-17-4-7/h1-6H. The Bertz CT molecular complexity index is 569. The van der Waals surface area contributed by atoms with Crippen molar-refractivity contribution in [1.82, 2.24) is 15.0 Å². The topological polar surface area (TPSA) is 55.7 Å². The molecular formula is C11H6F3N3O. The number of carbonyl (C=O) groups excluding carboxylic acids is 1. The number of aromatic nitrogens is 3. The molecule has 2 heterocycles. The van der Waals surface area contributed by atoms with Crippen molar-refractivity contribution in [3.8, 4) is 0 Å². The van der Waals surface area contributed by atoms with E-state index in [1.807, 2.05) is 0 Å². The van der Waals surface area contributed by atoms with Gasteiger partial charge >= 0.3 is 6.18 Å². The molecule has 2 aromatic heterocycles. The Hall–Kier alpha value is -2.31. The first-order chi connectivity index (χ1) is 8.50. The van der Waals surface area contributed by atoms with Crippen LogP contribution in [0.2, 0.25) is 0 Å². The average molecular weight is 253 g/mol. The first kappa shape index (κ1) is 12.2. The number of nitrogens with zero attached hydrogens (tertiary/aromatic N) is 3. The summed E-state index contributed by atoms with van der Waals surface area (Å²) in [5.74, 6) is -0.809. The molecule has 0 amide bonds. The molecule has 0 bridgehead atoms. The second-order valence-electron chi connectivity index (χ2n) is 3.38. The Morgan fingerprint density at radius 3 is 2.33 bits per heavy atom. The summed E-state index contributed by atoms with van der Waals surface area (Å²) in [4.78, 5) is 22.6. The molecule has 18 heavy (non-hydrogen) atoms. The highest BCUT2D eigenvalue weighted by Gasteiger charge is 2.35. The van der Waals surface area contributed by atoms with E-state index in [-0.39, 0.29) is 5.56 Å². The van der Waals surface area contributed by atoms with Crippen LogP contribution < -0.4 is 0 Å². The van der Waals surface area contributed by atoms with Crippen LogP contribution in [0.15, 0.2) is 37.2 Å². The summed E-state index contributed by atoms with van der Waals surface area (Å²) in [6.07, 6.45) is 0.762. The van der Waals surface area contributed by atoms with Gasteiger partial charge in [-0.3, -0.25) is 9.78 Å². The molecule has 4 nitrogen and oxygen atoms in total. The normalized spacial score (nSPS) is 11.3. The van der Waals surface area contributed by atoms with E-state index in [2.05, 4.69) is 15.0 Å². The third kappa shape index (κ3) is 2.34. The van der Waals surface area contributed by atoms with Gasteiger partial charge in [0.15, 0.2) is 5.78 Å². The van der Waals surface area contributed by atoms with E-state index >= 15 is 0 Å². The van der Waals surface area contributed by atoms with Crippen LogP contribution in [-0.2, 0) is 6.18 Å². The Morgan fingerprint density at radius 1 is 1.06 bits per heavy atom. The number of hydrogen-bond donors (Lipinski definition) is 0. The van der Waals surface area contributed by atoms with Crippen LogP contribution in [0.5, 0.6) is 0 Å². The van der Waals surface area contributed by atoms with E-state index in [0.29, 0.717) is 0 Å². The molecule has 0 spiro atoms. The third-order valence-corrected chi connectivity index (χ3v) is 2.19. The maximum Gasteiger partial charge on any atom is 0.417 e. The molecule has 2 aromatic rings. The van der Waals surface area contributed by atoms with Gasteiger partial charge in [0.2, 0.25) is 0 Å². The highest BCUT2D eigenvalue weighted by Crippen LogP contribution is 2.32. The lowest BCUT2D eigenvalue weighted by molar-refractivity contribution is -0.137. The highest BCUT2D eigenvalue weighted by molar-refractivity contribution is 6.09. The van der Waals surface area contributed by atoms with Gasteiger partial charge in [0.05, 0.1) is 16.7 Å². The fourth-order valence-corrected chi connectivity index (χ4v) is 1.39. The van der Waals surface area contributed by atoms with Gasteiger partial charge in [0, 0.05) is 24.8 Å². The van der Waals surface area contributed by atoms with Crippen molar-refractivity contribution in [2.45, 2.75) is 6.18 Å². The smallest absolute Gasteiger partial charge is 0.288 e. The molecule has 2 rings (SSSR count). The first-order valence-electron chi connectivity index (χ1n) is 4.81. The highest BCUT2D eigenvalue weighted by atomic mass is 19.4. The number of halogens is 3. The molecule has 0 aliphatic carbocycles. The lowest BCUT2D eigenvalue weighted by Crippen LogP contribution is -2.14. The molecule has 92 valence electrons. The molecule has 0 saturated carbocycles. The minimum atomic E-state index is -4.61. The van der Waals surface area contributed by atoms with Gasteiger partial charge in [-0.2, -0.15) is 13.2 Å². The minimum Gasteiger partial charge on any atom is -0.288 e. The van der Waals surface area contributed by atoms with Crippen LogP contribution in [0.1, 0.15) is 21.5 Å². The summed E-state index contributed by atoms with van der Waals surface area (Å²) in [6, 6.07) is 0.761. The van der Waals surface area contributed by atoms with Crippen molar-refractivity contribution in [2.24, 2.45) is 0 Å². The number of ketones is 1. The van der Waals surface area contributed by atoms with Gasteiger partial charge in [-0.15, -0.1) is 0 Å². The van der Waals surface area contributed by atoms with E-state index < -0.39 is 23.1 Å². The Balaban J connectivity index is 2.50. The van der Waals surface area contributed by atoms with E-state index in [0.717, 1.165) is 30.9 Å². The summed E-state index contributed by atoms with van der Waals surface area (Å²) < 4.78 is 38.1. The van der Waals surface area contributed by atoms with E-state index in [4.69, 9.17) is 0 Å². The zero-order valence-electron chi connectivity index (χ0n) is 8.85. The van der Waals surface area contributed by atoms with Gasteiger partial charge in [-0.05, 0) is 6.07 Å². The van der Waals surface area contributed by atoms with Crippen molar-refractivity contribution < 1.29 is 18.0 Å². The quantitative estimate of drug-likeness (QED) is 0.769. The zero-order valence-corrected chi connectivity index (χ0v) is 8.85. The molecule has 7 heteroatoms. The van der Waals surface area contributed by atoms with Crippen LogP contribution in [0.25, 0.3) is 0 Å².